The predicted molar refractivity (Wildman–Crippen MR) is 136 cm³/mol. The summed E-state index contributed by atoms with van der Waals surface area (Å²) < 4.78 is 20.6. The van der Waals surface area contributed by atoms with Crippen molar-refractivity contribution < 1.29 is 19.0 Å². The van der Waals surface area contributed by atoms with E-state index in [1.165, 1.54) is 3.57 Å². The van der Waals surface area contributed by atoms with E-state index in [9.17, 15) is 4.79 Å². The van der Waals surface area contributed by atoms with Crippen LogP contribution in [0.15, 0.2) is 42.5 Å². The molecule has 2 aromatic carbocycles. The van der Waals surface area contributed by atoms with Crippen molar-refractivity contribution in [1.82, 2.24) is 4.90 Å². The topological polar surface area (TPSA) is 51.2 Å². The normalized spacial score (nSPS) is 23.8. The van der Waals surface area contributed by atoms with Crippen molar-refractivity contribution in [3.05, 3.63) is 55.2 Å². The van der Waals surface area contributed by atoms with E-state index in [4.69, 9.17) is 14.2 Å². The lowest BCUT2D eigenvalue weighted by atomic mass is 10.1. The molecule has 0 bridgehead atoms. The van der Waals surface area contributed by atoms with Crippen molar-refractivity contribution in [2.45, 2.75) is 25.7 Å². The minimum Gasteiger partial charge on any atom is -0.491 e. The summed E-state index contributed by atoms with van der Waals surface area (Å²) in [6, 6.07) is 14.4. The molecule has 2 atom stereocenters. The average Bonchev–Trinajstić information content (AvgIpc) is 3.14. The van der Waals surface area contributed by atoms with E-state index in [0.29, 0.717) is 13.2 Å². The first-order chi connectivity index (χ1) is 14.8. The Kier molecular flexibility index (Phi) is 7.29. The smallest absolute Gasteiger partial charge is 0.219 e. The molecular formula is C23H26I2N2O4. The maximum Gasteiger partial charge on any atom is 0.219 e. The highest BCUT2D eigenvalue weighted by Crippen LogP contribution is 2.37. The van der Waals surface area contributed by atoms with Gasteiger partial charge in [-0.1, -0.05) is 6.07 Å². The number of halogens is 2. The largest absolute Gasteiger partial charge is 0.491 e. The molecule has 2 unspecified atom stereocenters. The fourth-order valence-electron chi connectivity index (χ4n) is 3.94. The van der Waals surface area contributed by atoms with Gasteiger partial charge in [0.25, 0.3) is 0 Å². The van der Waals surface area contributed by atoms with Crippen LogP contribution in [0, 0.1) is 7.14 Å². The molecule has 2 aromatic rings. The van der Waals surface area contributed by atoms with E-state index in [-0.39, 0.29) is 12.0 Å². The van der Waals surface area contributed by atoms with Gasteiger partial charge in [-0.05, 0) is 88.5 Å². The molecule has 8 heteroatoms. The van der Waals surface area contributed by atoms with Crippen molar-refractivity contribution in [2.24, 2.45) is 0 Å². The van der Waals surface area contributed by atoms with Gasteiger partial charge < -0.3 is 24.0 Å². The zero-order valence-electron chi connectivity index (χ0n) is 17.6. The van der Waals surface area contributed by atoms with Crippen LogP contribution in [0.3, 0.4) is 0 Å². The number of carbonyl (C=O) groups is 1. The molecule has 31 heavy (non-hydrogen) atoms. The summed E-state index contributed by atoms with van der Waals surface area (Å²) in [4.78, 5) is 15.7. The summed E-state index contributed by atoms with van der Waals surface area (Å²) in [6.07, 6.45) is -0.126. The number of hydrogen-bond donors (Lipinski definition) is 0. The van der Waals surface area contributed by atoms with E-state index in [0.717, 1.165) is 46.7 Å². The first-order valence-electron chi connectivity index (χ1n) is 10.3. The number of amides is 1. The number of carbonyl (C=O) groups excluding carboxylic acids is 1. The highest BCUT2D eigenvalue weighted by Gasteiger charge is 2.40. The highest BCUT2D eigenvalue weighted by atomic mass is 127. The lowest BCUT2D eigenvalue weighted by molar-refractivity contribution is -0.165. The fraction of sp³-hybridized carbons (Fsp3) is 0.435. The maximum absolute atomic E-state index is 11.5. The summed E-state index contributed by atoms with van der Waals surface area (Å²) in [5.74, 6) is 0.210. The molecule has 0 saturated carbocycles. The van der Waals surface area contributed by atoms with Crippen molar-refractivity contribution in [1.29, 1.82) is 0 Å². The van der Waals surface area contributed by atoms with Crippen molar-refractivity contribution in [3.8, 4) is 5.75 Å². The van der Waals surface area contributed by atoms with Crippen LogP contribution < -0.4 is 9.64 Å². The molecule has 4 rings (SSSR count). The minimum atomic E-state index is -0.749. The Bertz CT molecular complexity index is 932. The third-order valence-corrected chi connectivity index (χ3v) is 7.28. The van der Waals surface area contributed by atoms with Gasteiger partial charge >= 0.3 is 0 Å². The van der Waals surface area contributed by atoms with Crippen LogP contribution in [0.25, 0.3) is 0 Å². The number of hydrogen-bond acceptors (Lipinski definition) is 5. The Morgan fingerprint density at radius 1 is 1.13 bits per heavy atom. The van der Waals surface area contributed by atoms with Crippen LogP contribution in [0.1, 0.15) is 19.4 Å². The molecule has 6 nitrogen and oxygen atoms in total. The van der Waals surface area contributed by atoms with Crippen molar-refractivity contribution in [2.75, 3.05) is 44.3 Å². The van der Waals surface area contributed by atoms with E-state index in [2.05, 4.69) is 80.4 Å². The molecule has 0 spiro atoms. The Morgan fingerprint density at radius 3 is 2.48 bits per heavy atom. The van der Waals surface area contributed by atoms with E-state index < -0.39 is 5.79 Å². The van der Waals surface area contributed by atoms with Crippen molar-refractivity contribution >= 4 is 56.8 Å². The van der Waals surface area contributed by atoms with Crippen LogP contribution in [0.4, 0.5) is 5.69 Å². The second-order valence-electron chi connectivity index (χ2n) is 7.92. The summed E-state index contributed by atoms with van der Waals surface area (Å²) in [6.45, 7) is 7.77. The SMILES string of the molecule is CC(=O)N1CCN(c2ccc(OCC3COC(C)(c4ccc(I)cc4I)O3)cc2)CC1. The van der Waals surface area contributed by atoms with Gasteiger partial charge in [-0.2, -0.15) is 0 Å². The van der Waals surface area contributed by atoms with Crippen LogP contribution >= 0.6 is 45.2 Å². The predicted octanol–water partition coefficient (Wildman–Crippen LogP) is 4.23. The lowest BCUT2D eigenvalue weighted by Gasteiger charge is -2.35. The average molecular weight is 648 g/mol. The second kappa shape index (κ2) is 9.80. The molecule has 166 valence electrons. The third kappa shape index (κ3) is 5.45. The first-order valence-corrected chi connectivity index (χ1v) is 12.5. The van der Waals surface area contributed by atoms with Gasteiger partial charge in [0.2, 0.25) is 5.91 Å². The maximum atomic E-state index is 11.5. The zero-order chi connectivity index (χ0) is 22.0. The van der Waals surface area contributed by atoms with Gasteiger partial charge in [0.15, 0.2) is 5.79 Å². The summed E-state index contributed by atoms with van der Waals surface area (Å²) >= 11 is 4.64. The summed E-state index contributed by atoms with van der Waals surface area (Å²) in [7, 11) is 0. The minimum absolute atomic E-state index is 0.126. The van der Waals surface area contributed by atoms with Crippen LogP contribution in [-0.2, 0) is 20.1 Å². The van der Waals surface area contributed by atoms with Crippen LogP contribution in [-0.4, -0.2) is 56.3 Å². The monoisotopic (exact) mass is 648 g/mol. The molecule has 2 fully saturated rings. The number of rotatable bonds is 5. The van der Waals surface area contributed by atoms with Crippen molar-refractivity contribution in [3.63, 3.8) is 0 Å². The van der Waals surface area contributed by atoms with Gasteiger partial charge in [0, 0.05) is 51.5 Å². The number of anilines is 1. The highest BCUT2D eigenvalue weighted by molar-refractivity contribution is 14.1. The Hall–Kier alpha value is -1.11. The molecule has 2 saturated heterocycles. The number of nitrogens with zero attached hydrogens (tertiary/aromatic N) is 2. The number of piperazine rings is 1. The molecule has 2 heterocycles. The van der Waals surface area contributed by atoms with Crippen LogP contribution in [0.5, 0.6) is 5.75 Å². The van der Waals surface area contributed by atoms with Crippen LogP contribution in [0.2, 0.25) is 0 Å². The Balaban J connectivity index is 1.30. The van der Waals surface area contributed by atoms with E-state index in [1.807, 2.05) is 24.0 Å². The van der Waals surface area contributed by atoms with Gasteiger partial charge in [-0.3, -0.25) is 4.79 Å². The molecule has 1 amide bonds. The molecule has 0 aromatic heterocycles. The standard InChI is InChI=1S/C23H26I2N2O4/c1-16(28)26-9-11-27(12-10-26)18-4-6-19(7-5-18)29-14-20-15-30-23(2,31-20)21-8-3-17(24)13-22(21)25/h3-8,13,20H,9-12,14-15H2,1-2H3. The molecule has 0 N–H and O–H groups in total. The molecule has 0 aliphatic carbocycles. The van der Waals surface area contributed by atoms with Gasteiger partial charge in [0.1, 0.15) is 18.5 Å². The number of benzene rings is 2. The second-order valence-corrected chi connectivity index (χ2v) is 10.3. The molecule has 2 aliphatic heterocycles. The lowest BCUT2D eigenvalue weighted by Crippen LogP contribution is -2.48. The molecule has 2 aliphatic rings. The number of ether oxygens (including phenoxy) is 3. The quantitative estimate of drug-likeness (QED) is 0.455. The van der Waals surface area contributed by atoms with Gasteiger partial charge in [0.05, 0.1) is 6.61 Å². The third-order valence-electron chi connectivity index (χ3n) is 5.72. The van der Waals surface area contributed by atoms with Gasteiger partial charge in [-0.25, -0.2) is 0 Å². The Labute approximate surface area is 210 Å². The van der Waals surface area contributed by atoms with Gasteiger partial charge in [-0.15, -0.1) is 0 Å². The summed E-state index contributed by atoms with van der Waals surface area (Å²) in [5.41, 5.74) is 2.20. The molecular weight excluding hydrogens is 622 g/mol. The molecule has 0 radical (unpaired) electrons. The summed E-state index contributed by atoms with van der Waals surface area (Å²) in [5, 5.41) is 0. The first kappa shape index (κ1) is 23.1. The fourth-order valence-corrected chi connectivity index (χ4v) is 6.03. The van der Waals surface area contributed by atoms with E-state index in [1.54, 1.807) is 6.92 Å². The van der Waals surface area contributed by atoms with E-state index >= 15 is 0 Å². The zero-order valence-corrected chi connectivity index (χ0v) is 22.0. The Morgan fingerprint density at radius 2 is 1.84 bits per heavy atom.